The number of likely N-dealkylation sites (tertiary alicyclic amines) is 2. The summed E-state index contributed by atoms with van der Waals surface area (Å²) in [5.41, 5.74) is 4.34. The highest BCUT2D eigenvalue weighted by Gasteiger charge is 2.32. The Labute approximate surface area is 207 Å². The minimum absolute atomic E-state index is 0.0399. The Hall–Kier alpha value is -2.20. The smallest absolute Gasteiger partial charge is 0.326 e. The zero-order chi connectivity index (χ0) is 22.8. The summed E-state index contributed by atoms with van der Waals surface area (Å²) in [6.07, 6.45) is 7.17. The highest BCUT2D eigenvalue weighted by Crippen LogP contribution is 2.28. The number of carbonyl (C=O) groups excluding carboxylic acids is 1. The molecule has 4 heterocycles. The van der Waals surface area contributed by atoms with Crippen LogP contribution >= 0.6 is 22.6 Å². The molecule has 2 aromatic heterocycles. The van der Waals surface area contributed by atoms with Crippen LogP contribution in [0, 0.1) is 5.92 Å². The Morgan fingerprint density at radius 1 is 1.00 bits per heavy atom. The van der Waals surface area contributed by atoms with Gasteiger partial charge in [-0.25, -0.2) is 4.79 Å². The van der Waals surface area contributed by atoms with Crippen molar-refractivity contribution < 1.29 is 4.79 Å². The highest BCUT2D eigenvalue weighted by atomic mass is 127. The first kappa shape index (κ1) is 22.6. The molecule has 174 valence electrons. The molecule has 1 amide bonds. The topological polar surface area (TPSA) is 74.2 Å². The van der Waals surface area contributed by atoms with Crippen LogP contribution in [0.15, 0.2) is 47.5 Å². The minimum Gasteiger partial charge on any atom is -0.342 e. The molecule has 0 spiro atoms. The third kappa shape index (κ3) is 4.87. The van der Waals surface area contributed by atoms with Crippen molar-refractivity contribution in [3.63, 3.8) is 0 Å². The van der Waals surface area contributed by atoms with Gasteiger partial charge in [0.25, 0.3) is 0 Å². The molecular formula is C25H30IN5O2. The quantitative estimate of drug-likeness (QED) is 0.382. The zero-order valence-electron chi connectivity index (χ0n) is 18.8. The van der Waals surface area contributed by atoms with E-state index in [0.717, 1.165) is 73.9 Å². The Morgan fingerprint density at radius 2 is 1.73 bits per heavy atom. The van der Waals surface area contributed by atoms with E-state index >= 15 is 0 Å². The lowest BCUT2D eigenvalue weighted by molar-refractivity contribution is -0.138. The number of carbonyl (C=O) groups is 1. The van der Waals surface area contributed by atoms with Gasteiger partial charge in [0.15, 0.2) is 0 Å². The van der Waals surface area contributed by atoms with E-state index in [-0.39, 0.29) is 17.6 Å². The molecule has 7 nitrogen and oxygen atoms in total. The molecule has 2 fully saturated rings. The lowest BCUT2D eigenvalue weighted by Gasteiger charge is -2.37. The molecule has 3 aromatic rings. The summed E-state index contributed by atoms with van der Waals surface area (Å²) in [5, 5.41) is 0. The van der Waals surface area contributed by atoms with Crippen molar-refractivity contribution in [3.8, 4) is 0 Å². The number of hydrogen-bond donors (Lipinski definition) is 1. The fourth-order valence-corrected chi connectivity index (χ4v) is 5.77. The molecule has 33 heavy (non-hydrogen) atoms. The van der Waals surface area contributed by atoms with Gasteiger partial charge in [0.2, 0.25) is 5.91 Å². The van der Waals surface area contributed by atoms with Gasteiger partial charge in [0, 0.05) is 48.4 Å². The summed E-state index contributed by atoms with van der Waals surface area (Å²) < 4.78 is 2.84. The number of pyridine rings is 1. The summed E-state index contributed by atoms with van der Waals surface area (Å²) in [5.74, 6) is 0.424. The predicted molar refractivity (Wildman–Crippen MR) is 137 cm³/mol. The van der Waals surface area contributed by atoms with E-state index in [1.165, 1.54) is 11.1 Å². The Morgan fingerprint density at radius 3 is 2.42 bits per heavy atom. The second kappa shape index (κ2) is 9.97. The van der Waals surface area contributed by atoms with Crippen LogP contribution < -0.4 is 5.69 Å². The number of fused-ring (bicyclic) bond motifs is 1. The van der Waals surface area contributed by atoms with E-state index in [0.29, 0.717) is 5.91 Å². The molecule has 0 unspecified atom stereocenters. The average Bonchev–Trinajstić information content (AvgIpc) is 3.19. The largest absolute Gasteiger partial charge is 0.342 e. The van der Waals surface area contributed by atoms with Gasteiger partial charge in [-0.05, 0) is 74.2 Å². The number of nitrogens with zero attached hydrogens (tertiary/aromatic N) is 4. The van der Waals surface area contributed by atoms with Crippen molar-refractivity contribution in [2.75, 3.05) is 26.2 Å². The second-order valence-electron chi connectivity index (χ2n) is 9.25. The van der Waals surface area contributed by atoms with Crippen LogP contribution in [0.1, 0.15) is 42.9 Å². The number of nitrogens with one attached hydrogen (secondary N) is 1. The molecule has 0 radical (unpaired) electrons. The molecule has 1 aromatic carbocycles. The Kier molecular flexibility index (Phi) is 6.82. The zero-order valence-corrected chi connectivity index (χ0v) is 20.9. The molecule has 1 N–H and O–H groups in total. The van der Waals surface area contributed by atoms with E-state index in [9.17, 15) is 9.59 Å². The highest BCUT2D eigenvalue weighted by molar-refractivity contribution is 14.1. The standard InChI is InChI=1S/C25H30IN5O2/c26-16-19-1-2-22-23(15-19)31(25(33)28-22)21-7-13-30(14-8-21)24(32)20-5-11-29(12-6-20)17-18-3-9-27-10-4-18/h1-4,9-10,15,20-21H,5-8,11-14,16-17H2,(H,28,33). The third-order valence-electron chi connectivity index (χ3n) is 7.17. The van der Waals surface area contributed by atoms with Crippen LogP contribution in [0.25, 0.3) is 11.0 Å². The lowest BCUT2D eigenvalue weighted by Crippen LogP contribution is -2.46. The van der Waals surface area contributed by atoms with Gasteiger partial charge in [0.1, 0.15) is 0 Å². The first-order chi connectivity index (χ1) is 16.1. The van der Waals surface area contributed by atoms with Gasteiger partial charge < -0.3 is 9.88 Å². The number of imidazole rings is 1. The van der Waals surface area contributed by atoms with Crippen molar-refractivity contribution in [3.05, 3.63) is 64.3 Å². The monoisotopic (exact) mass is 559 g/mol. The first-order valence-electron chi connectivity index (χ1n) is 11.8. The Balaban J connectivity index is 1.17. The molecule has 0 bridgehead atoms. The van der Waals surface area contributed by atoms with E-state index in [1.54, 1.807) is 0 Å². The van der Waals surface area contributed by atoms with Crippen LogP contribution in [0.2, 0.25) is 0 Å². The maximum Gasteiger partial charge on any atom is 0.326 e. The van der Waals surface area contributed by atoms with E-state index in [2.05, 4.69) is 61.7 Å². The van der Waals surface area contributed by atoms with Crippen LogP contribution in [0.4, 0.5) is 0 Å². The number of H-pyrrole nitrogens is 1. The number of hydrogen-bond acceptors (Lipinski definition) is 4. The van der Waals surface area contributed by atoms with Crippen molar-refractivity contribution in [2.24, 2.45) is 5.92 Å². The van der Waals surface area contributed by atoms with Gasteiger partial charge in [0.05, 0.1) is 11.0 Å². The number of alkyl halides is 1. The number of rotatable bonds is 5. The fraction of sp³-hybridized carbons (Fsp3) is 0.480. The van der Waals surface area contributed by atoms with Crippen molar-refractivity contribution in [2.45, 2.75) is 42.7 Å². The van der Waals surface area contributed by atoms with Crippen LogP contribution in [0.5, 0.6) is 0 Å². The van der Waals surface area contributed by atoms with Gasteiger partial charge >= 0.3 is 5.69 Å². The van der Waals surface area contributed by atoms with E-state index in [1.807, 2.05) is 27.9 Å². The average molecular weight is 559 g/mol. The number of amides is 1. The van der Waals surface area contributed by atoms with Crippen LogP contribution in [-0.2, 0) is 15.8 Å². The van der Waals surface area contributed by atoms with Gasteiger partial charge in [-0.3, -0.25) is 19.2 Å². The molecule has 2 aliphatic rings. The molecule has 2 saturated heterocycles. The number of piperidine rings is 2. The SMILES string of the molecule is O=C(C1CCN(Cc2ccncc2)CC1)N1CCC(n2c(=O)[nH]c3ccc(CI)cc32)CC1. The Bertz CT molecular complexity index is 1160. The first-order valence-corrected chi connectivity index (χ1v) is 13.3. The number of aromatic nitrogens is 3. The summed E-state index contributed by atoms with van der Waals surface area (Å²) >= 11 is 2.35. The second-order valence-corrected chi connectivity index (χ2v) is 10.0. The van der Waals surface area contributed by atoms with Crippen molar-refractivity contribution in [1.29, 1.82) is 0 Å². The van der Waals surface area contributed by atoms with Crippen LogP contribution in [0.3, 0.4) is 0 Å². The van der Waals surface area contributed by atoms with Crippen molar-refractivity contribution >= 4 is 39.5 Å². The fourth-order valence-electron chi connectivity index (χ4n) is 5.30. The summed E-state index contributed by atoms with van der Waals surface area (Å²) in [4.78, 5) is 37.4. The van der Waals surface area contributed by atoms with Gasteiger partial charge in [-0.2, -0.15) is 0 Å². The molecule has 5 rings (SSSR count). The summed E-state index contributed by atoms with van der Waals surface area (Å²) in [6, 6.07) is 10.4. The van der Waals surface area contributed by atoms with Crippen LogP contribution in [-0.4, -0.2) is 56.4 Å². The summed E-state index contributed by atoms with van der Waals surface area (Å²) in [7, 11) is 0. The number of halogens is 1. The maximum absolute atomic E-state index is 13.2. The van der Waals surface area contributed by atoms with Crippen molar-refractivity contribution in [1.82, 2.24) is 24.3 Å². The number of aromatic amines is 1. The molecular weight excluding hydrogens is 529 g/mol. The lowest BCUT2D eigenvalue weighted by atomic mass is 9.93. The maximum atomic E-state index is 13.2. The molecule has 0 aliphatic carbocycles. The van der Waals surface area contributed by atoms with E-state index in [4.69, 9.17) is 0 Å². The predicted octanol–water partition coefficient (Wildman–Crippen LogP) is 3.74. The van der Waals surface area contributed by atoms with E-state index < -0.39 is 0 Å². The minimum atomic E-state index is -0.0399. The molecule has 8 heteroatoms. The normalized spacial score (nSPS) is 18.8. The number of benzene rings is 1. The molecule has 0 atom stereocenters. The van der Waals surface area contributed by atoms with Gasteiger partial charge in [-0.15, -0.1) is 0 Å². The molecule has 2 aliphatic heterocycles. The van der Waals surface area contributed by atoms with Gasteiger partial charge in [-0.1, -0.05) is 28.7 Å². The molecule has 0 saturated carbocycles. The summed E-state index contributed by atoms with van der Waals surface area (Å²) in [6.45, 7) is 4.29. The third-order valence-corrected chi connectivity index (χ3v) is 8.05.